The van der Waals surface area contributed by atoms with Gasteiger partial charge in [0, 0.05) is 37.6 Å². The van der Waals surface area contributed by atoms with E-state index in [2.05, 4.69) is 4.98 Å². The lowest BCUT2D eigenvalue weighted by Gasteiger charge is -2.25. The van der Waals surface area contributed by atoms with Crippen LogP contribution in [-0.4, -0.2) is 52.5 Å². The van der Waals surface area contributed by atoms with Gasteiger partial charge in [-0.2, -0.15) is 4.31 Å². The van der Waals surface area contributed by atoms with Crippen molar-refractivity contribution in [1.29, 1.82) is 0 Å². The predicted octanol–water partition coefficient (Wildman–Crippen LogP) is 3.63. The number of carbonyl (C=O) groups excluding carboxylic acids is 2. The van der Waals surface area contributed by atoms with Crippen molar-refractivity contribution in [2.75, 3.05) is 13.1 Å². The summed E-state index contributed by atoms with van der Waals surface area (Å²) < 4.78 is 40.8. The lowest BCUT2D eigenvalue weighted by Crippen LogP contribution is -2.29. The molecule has 10 heteroatoms. The Balaban J connectivity index is 1.56. The van der Waals surface area contributed by atoms with E-state index < -0.39 is 39.3 Å². The zero-order valence-electron chi connectivity index (χ0n) is 19.7. The number of Topliss-reactive ketones (excluding diaryl/α,β-unsaturated/α-hetero) is 1. The van der Waals surface area contributed by atoms with Gasteiger partial charge in [0.05, 0.1) is 16.5 Å². The number of carbonyl (C=O) groups is 2. The summed E-state index contributed by atoms with van der Waals surface area (Å²) in [5, 5.41) is 11.2. The van der Waals surface area contributed by atoms with Crippen LogP contribution in [0.5, 0.6) is 0 Å². The maximum absolute atomic E-state index is 13.7. The number of hydrogen-bond acceptors (Lipinski definition) is 6. The average molecular weight is 522 g/mol. The van der Waals surface area contributed by atoms with Crippen molar-refractivity contribution < 1.29 is 27.5 Å². The minimum Gasteiger partial charge on any atom is -0.507 e. The van der Waals surface area contributed by atoms with E-state index in [9.17, 15) is 27.5 Å². The SMILES string of the molecule is O=C1C(=O)N(Cc2cccnc2)C(c2ccc(F)cc2)C1=C(O)c1ccc(S(=O)(=O)N2CCCC2)cc1. The molecule has 3 heterocycles. The highest BCUT2D eigenvalue weighted by Crippen LogP contribution is 2.40. The number of halogens is 1. The Morgan fingerprint density at radius 3 is 2.30 bits per heavy atom. The van der Waals surface area contributed by atoms with Crippen molar-refractivity contribution in [2.24, 2.45) is 0 Å². The average Bonchev–Trinajstić information content (AvgIpc) is 3.54. The molecule has 1 atom stereocenters. The molecule has 0 bridgehead atoms. The number of sulfonamides is 1. The van der Waals surface area contributed by atoms with Crippen LogP contribution >= 0.6 is 0 Å². The first-order valence-electron chi connectivity index (χ1n) is 11.8. The van der Waals surface area contributed by atoms with E-state index in [1.165, 1.54) is 57.7 Å². The third-order valence-corrected chi connectivity index (χ3v) is 8.54. The Kier molecular flexibility index (Phi) is 6.61. The summed E-state index contributed by atoms with van der Waals surface area (Å²) in [5.74, 6) is -2.62. The van der Waals surface area contributed by atoms with Crippen LogP contribution in [0.15, 0.2) is 83.5 Å². The van der Waals surface area contributed by atoms with Crippen LogP contribution in [0.3, 0.4) is 0 Å². The fourth-order valence-electron chi connectivity index (χ4n) is 4.74. The number of aliphatic hydroxyl groups is 1. The van der Waals surface area contributed by atoms with Crippen molar-refractivity contribution in [3.8, 4) is 0 Å². The topological polar surface area (TPSA) is 108 Å². The Hall–Kier alpha value is -3.89. The molecule has 3 aromatic rings. The molecule has 0 aliphatic carbocycles. The number of ketones is 1. The molecule has 2 aromatic carbocycles. The molecule has 5 rings (SSSR count). The number of aromatic nitrogens is 1. The first-order chi connectivity index (χ1) is 17.8. The van der Waals surface area contributed by atoms with Gasteiger partial charge >= 0.3 is 0 Å². The van der Waals surface area contributed by atoms with Gasteiger partial charge in [0.1, 0.15) is 11.6 Å². The Morgan fingerprint density at radius 2 is 1.68 bits per heavy atom. The summed E-state index contributed by atoms with van der Waals surface area (Å²) in [5.41, 5.74) is 1.15. The van der Waals surface area contributed by atoms with Crippen LogP contribution in [0.2, 0.25) is 0 Å². The standard InChI is InChI=1S/C27H24FN3O5S/c28-21-9-5-19(6-10-21)24-23(26(33)27(34)31(24)17-18-4-3-13-29-16-18)25(32)20-7-11-22(12-8-20)37(35,36)30-14-1-2-15-30/h3-13,16,24,32H,1-2,14-15,17H2. The predicted molar refractivity (Wildman–Crippen MR) is 133 cm³/mol. The van der Waals surface area contributed by atoms with E-state index >= 15 is 0 Å². The number of pyridine rings is 1. The Bertz CT molecular complexity index is 1470. The monoisotopic (exact) mass is 521 g/mol. The van der Waals surface area contributed by atoms with Gasteiger partial charge < -0.3 is 10.0 Å². The van der Waals surface area contributed by atoms with Gasteiger partial charge in [0.25, 0.3) is 11.7 Å². The minimum absolute atomic E-state index is 0.0459. The van der Waals surface area contributed by atoms with Gasteiger partial charge in [-0.3, -0.25) is 14.6 Å². The molecule has 2 fully saturated rings. The van der Waals surface area contributed by atoms with Gasteiger partial charge in [-0.05, 0) is 66.4 Å². The summed E-state index contributed by atoms with van der Waals surface area (Å²) in [6, 6.07) is 13.4. The number of rotatable bonds is 6. The molecule has 0 spiro atoms. The highest BCUT2D eigenvalue weighted by molar-refractivity contribution is 7.89. The molecular weight excluding hydrogens is 497 g/mol. The van der Waals surface area contributed by atoms with E-state index in [-0.39, 0.29) is 22.6 Å². The van der Waals surface area contributed by atoms with Gasteiger partial charge in [-0.1, -0.05) is 18.2 Å². The molecule has 0 radical (unpaired) electrons. The molecular formula is C27H24FN3O5S. The molecule has 1 unspecified atom stereocenters. The molecule has 37 heavy (non-hydrogen) atoms. The Labute approximate surface area is 213 Å². The van der Waals surface area contributed by atoms with Crippen molar-refractivity contribution >= 4 is 27.5 Å². The van der Waals surface area contributed by atoms with Crippen molar-refractivity contribution in [2.45, 2.75) is 30.3 Å². The first kappa shape index (κ1) is 24.8. The van der Waals surface area contributed by atoms with E-state index in [0.29, 0.717) is 24.2 Å². The molecule has 190 valence electrons. The van der Waals surface area contributed by atoms with E-state index in [0.717, 1.165) is 12.8 Å². The van der Waals surface area contributed by atoms with Gasteiger partial charge in [-0.15, -0.1) is 0 Å². The van der Waals surface area contributed by atoms with Crippen LogP contribution in [0.4, 0.5) is 4.39 Å². The molecule has 1 N–H and O–H groups in total. The number of likely N-dealkylation sites (tertiary alicyclic amines) is 1. The lowest BCUT2D eigenvalue weighted by molar-refractivity contribution is -0.140. The molecule has 1 amide bonds. The number of nitrogens with zero attached hydrogens (tertiary/aromatic N) is 3. The van der Waals surface area contributed by atoms with E-state index in [4.69, 9.17) is 0 Å². The summed E-state index contributed by atoms with van der Waals surface area (Å²) in [6.45, 7) is 0.967. The lowest BCUT2D eigenvalue weighted by atomic mass is 9.95. The van der Waals surface area contributed by atoms with Crippen LogP contribution in [0.25, 0.3) is 5.76 Å². The normalized spacial score (nSPS) is 20.0. The molecule has 2 aliphatic heterocycles. The number of aliphatic hydroxyl groups excluding tert-OH is 1. The summed E-state index contributed by atoms with van der Waals surface area (Å²) >= 11 is 0. The van der Waals surface area contributed by atoms with E-state index in [1.54, 1.807) is 24.5 Å². The molecule has 1 aromatic heterocycles. The molecule has 2 saturated heterocycles. The zero-order valence-corrected chi connectivity index (χ0v) is 20.6. The maximum atomic E-state index is 13.7. The van der Waals surface area contributed by atoms with Crippen molar-refractivity contribution in [1.82, 2.24) is 14.2 Å². The highest BCUT2D eigenvalue weighted by atomic mass is 32.2. The summed E-state index contributed by atoms with van der Waals surface area (Å²) in [7, 11) is -3.66. The third kappa shape index (κ3) is 4.65. The second-order valence-corrected chi connectivity index (χ2v) is 10.9. The van der Waals surface area contributed by atoms with Crippen LogP contribution in [-0.2, 0) is 26.2 Å². The smallest absolute Gasteiger partial charge is 0.295 e. The number of amides is 1. The van der Waals surface area contributed by atoms with Crippen LogP contribution < -0.4 is 0 Å². The number of benzene rings is 2. The van der Waals surface area contributed by atoms with Crippen molar-refractivity contribution in [3.05, 3.63) is 101 Å². The molecule has 8 nitrogen and oxygen atoms in total. The quantitative estimate of drug-likeness (QED) is 0.302. The fraction of sp³-hybridized carbons (Fsp3) is 0.222. The maximum Gasteiger partial charge on any atom is 0.295 e. The highest BCUT2D eigenvalue weighted by Gasteiger charge is 2.46. The fourth-order valence-corrected chi connectivity index (χ4v) is 6.26. The van der Waals surface area contributed by atoms with Crippen LogP contribution in [0.1, 0.15) is 35.6 Å². The number of hydrogen-bond donors (Lipinski definition) is 1. The third-order valence-electron chi connectivity index (χ3n) is 6.63. The molecule has 0 saturated carbocycles. The Morgan fingerprint density at radius 1 is 1.00 bits per heavy atom. The largest absolute Gasteiger partial charge is 0.507 e. The van der Waals surface area contributed by atoms with Gasteiger partial charge in [0.2, 0.25) is 10.0 Å². The first-order valence-corrected chi connectivity index (χ1v) is 13.2. The van der Waals surface area contributed by atoms with E-state index in [1.807, 2.05) is 0 Å². The van der Waals surface area contributed by atoms with Gasteiger partial charge in [-0.25, -0.2) is 12.8 Å². The molecule has 2 aliphatic rings. The summed E-state index contributed by atoms with van der Waals surface area (Å²) in [4.78, 5) is 31.7. The second-order valence-electron chi connectivity index (χ2n) is 8.98. The van der Waals surface area contributed by atoms with Crippen LogP contribution in [0, 0.1) is 5.82 Å². The van der Waals surface area contributed by atoms with Crippen molar-refractivity contribution in [3.63, 3.8) is 0 Å². The second kappa shape index (κ2) is 9.87. The minimum atomic E-state index is -3.66. The zero-order chi connectivity index (χ0) is 26.2. The van der Waals surface area contributed by atoms with Gasteiger partial charge in [0.15, 0.2) is 0 Å². The summed E-state index contributed by atoms with van der Waals surface area (Å²) in [6.07, 6.45) is 4.77.